The Morgan fingerprint density at radius 3 is 2.52 bits per heavy atom. The largest absolute Gasteiger partial charge is 0.294 e. The van der Waals surface area contributed by atoms with Crippen LogP contribution < -0.4 is 0 Å². The van der Waals surface area contributed by atoms with Crippen LogP contribution in [0.1, 0.15) is 15.4 Å². The third-order valence-electron chi connectivity index (χ3n) is 3.05. The van der Waals surface area contributed by atoms with Crippen LogP contribution in [0, 0.1) is 10.1 Å². The molecule has 0 atom stereocenters. The number of nitro benzene ring substituents is 1. The third kappa shape index (κ3) is 2.80. The van der Waals surface area contributed by atoms with Crippen LogP contribution in [0.15, 0.2) is 48.5 Å². The second kappa shape index (κ2) is 5.41. The third-order valence-corrected chi connectivity index (χ3v) is 4.09. The summed E-state index contributed by atoms with van der Waals surface area (Å²) < 4.78 is 1.05. The van der Waals surface area contributed by atoms with Crippen molar-refractivity contribution in [3.63, 3.8) is 0 Å². The summed E-state index contributed by atoms with van der Waals surface area (Å²) in [5, 5.41) is 11.3. The highest BCUT2D eigenvalue weighted by Crippen LogP contribution is 2.23. The second-order valence-electron chi connectivity index (χ2n) is 4.48. The van der Waals surface area contributed by atoms with Gasteiger partial charge < -0.3 is 0 Å². The summed E-state index contributed by atoms with van der Waals surface area (Å²) in [5.74, 6) is -0.0936. The highest BCUT2D eigenvalue weighted by atomic mass is 32.1. The van der Waals surface area contributed by atoms with Gasteiger partial charge in [0.15, 0.2) is 5.78 Å². The van der Waals surface area contributed by atoms with Gasteiger partial charge in [0.25, 0.3) is 5.69 Å². The topological polar surface area (TPSA) is 73.1 Å². The number of hydrogen-bond donors (Lipinski definition) is 0. The SMILES string of the molecule is O=C(Cc1nc2ccccc2s1)c1ccc([N+](=O)[O-])cc1. The minimum absolute atomic E-state index is 0.0217. The standard InChI is InChI=1S/C15H10N2O3S/c18-13(10-5-7-11(8-6-10)17(19)20)9-15-16-12-3-1-2-4-14(12)21-15/h1-8H,9H2. The lowest BCUT2D eigenvalue weighted by atomic mass is 10.1. The summed E-state index contributed by atoms with van der Waals surface area (Å²) in [6.07, 6.45) is 0.206. The molecule has 1 heterocycles. The molecule has 0 fully saturated rings. The van der Waals surface area contributed by atoms with Crippen LogP contribution in [-0.2, 0) is 6.42 Å². The van der Waals surface area contributed by atoms with E-state index < -0.39 is 4.92 Å². The molecule has 0 aliphatic carbocycles. The zero-order valence-corrected chi connectivity index (χ0v) is 11.7. The van der Waals surface area contributed by atoms with Crippen molar-refractivity contribution in [3.8, 4) is 0 Å². The van der Waals surface area contributed by atoms with Gasteiger partial charge in [0.2, 0.25) is 0 Å². The maximum atomic E-state index is 12.2. The Bertz CT molecular complexity index is 791. The van der Waals surface area contributed by atoms with Gasteiger partial charge in [-0.2, -0.15) is 0 Å². The van der Waals surface area contributed by atoms with E-state index in [4.69, 9.17) is 0 Å². The normalized spacial score (nSPS) is 10.7. The molecule has 5 nitrogen and oxygen atoms in total. The van der Waals surface area contributed by atoms with Gasteiger partial charge in [-0.25, -0.2) is 4.98 Å². The Hall–Kier alpha value is -2.60. The van der Waals surface area contributed by atoms with E-state index >= 15 is 0 Å². The Morgan fingerprint density at radius 1 is 1.14 bits per heavy atom. The van der Waals surface area contributed by atoms with E-state index in [2.05, 4.69) is 4.98 Å². The van der Waals surface area contributed by atoms with Gasteiger partial charge in [-0.15, -0.1) is 11.3 Å². The molecule has 0 saturated carbocycles. The second-order valence-corrected chi connectivity index (χ2v) is 5.59. The number of carbonyl (C=O) groups is 1. The fraction of sp³-hybridized carbons (Fsp3) is 0.0667. The predicted molar refractivity (Wildman–Crippen MR) is 80.8 cm³/mol. The van der Waals surface area contributed by atoms with Crippen LogP contribution in [0.25, 0.3) is 10.2 Å². The van der Waals surface area contributed by atoms with Crippen LogP contribution in [0.3, 0.4) is 0 Å². The van der Waals surface area contributed by atoms with Crippen molar-refractivity contribution in [3.05, 3.63) is 69.2 Å². The molecule has 1 aromatic heterocycles. The molecular formula is C15H10N2O3S. The molecule has 21 heavy (non-hydrogen) atoms. The summed E-state index contributed by atoms with van der Waals surface area (Å²) in [5.41, 5.74) is 1.32. The van der Waals surface area contributed by atoms with Crippen LogP contribution in [0.5, 0.6) is 0 Å². The molecular weight excluding hydrogens is 288 g/mol. The van der Waals surface area contributed by atoms with E-state index in [9.17, 15) is 14.9 Å². The van der Waals surface area contributed by atoms with Crippen molar-refractivity contribution >= 4 is 33.0 Å². The zero-order valence-electron chi connectivity index (χ0n) is 10.9. The number of carbonyl (C=O) groups excluding carboxylic acids is 1. The van der Waals surface area contributed by atoms with Crippen molar-refractivity contribution in [2.45, 2.75) is 6.42 Å². The molecule has 0 radical (unpaired) electrons. The number of non-ortho nitro benzene ring substituents is 1. The van der Waals surface area contributed by atoms with E-state index in [-0.39, 0.29) is 17.9 Å². The van der Waals surface area contributed by atoms with Crippen molar-refractivity contribution < 1.29 is 9.72 Å². The number of benzene rings is 2. The molecule has 0 aliphatic heterocycles. The minimum atomic E-state index is -0.484. The van der Waals surface area contributed by atoms with Gasteiger partial charge in [0.1, 0.15) is 5.01 Å². The first-order chi connectivity index (χ1) is 10.1. The number of aromatic nitrogens is 1. The summed E-state index contributed by atoms with van der Waals surface area (Å²) in [4.78, 5) is 26.7. The molecule has 3 aromatic rings. The molecule has 0 bridgehead atoms. The molecule has 3 rings (SSSR count). The Kier molecular flexibility index (Phi) is 3.45. The number of hydrogen-bond acceptors (Lipinski definition) is 5. The van der Waals surface area contributed by atoms with Crippen molar-refractivity contribution in [2.75, 3.05) is 0 Å². The van der Waals surface area contributed by atoms with E-state index in [1.807, 2.05) is 24.3 Å². The first-order valence-corrected chi connectivity index (χ1v) is 7.07. The number of nitrogens with zero attached hydrogens (tertiary/aromatic N) is 2. The van der Waals surface area contributed by atoms with E-state index in [1.165, 1.54) is 35.6 Å². The maximum absolute atomic E-state index is 12.2. The maximum Gasteiger partial charge on any atom is 0.269 e. The molecule has 0 aliphatic rings. The minimum Gasteiger partial charge on any atom is -0.294 e. The molecule has 0 saturated heterocycles. The van der Waals surface area contributed by atoms with Crippen molar-refractivity contribution in [1.82, 2.24) is 4.98 Å². The lowest BCUT2D eigenvalue weighted by molar-refractivity contribution is -0.384. The first kappa shape index (κ1) is 13.4. The highest BCUT2D eigenvalue weighted by molar-refractivity contribution is 7.18. The number of para-hydroxylation sites is 1. The average molecular weight is 298 g/mol. The smallest absolute Gasteiger partial charge is 0.269 e. The summed E-state index contributed by atoms with van der Waals surface area (Å²) in [6, 6.07) is 13.4. The lowest BCUT2D eigenvalue weighted by Gasteiger charge is -1.98. The molecule has 6 heteroatoms. The van der Waals surface area contributed by atoms with Crippen LogP contribution in [0.2, 0.25) is 0 Å². The number of thiazole rings is 1. The van der Waals surface area contributed by atoms with Gasteiger partial charge in [0, 0.05) is 17.7 Å². The predicted octanol–water partition coefficient (Wildman–Crippen LogP) is 3.63. The van der Waals surface area contributed by atoms with Gasteiger partial charge >= 0.3 is 0 Å². The molecule has 0 amide bonds. The summed E-state index contributed by atoms with van der Waals surface area (Å²) >= 11 is 1.49. The number of rotatable bonds is 4. The number of nitro groups is 1. The van der Waals surface area contributed by atoms with Gasteiger partial charge in [-0.05, 0) is 24.3 Å². The number of fused-ring (bicyclic) bond motifs is 1. The molecule has 0 spiro atoms. The van der Waals surface area contributed by atoms with Gasteiger partial charge in [-0.1, -0.05) is 12.1 Å². The van der Waals surface area contributed by atoms with Gasteiger partial charge in [0.05, 0.1) is 21.6 Å². The van der Waals surface area contributed by atoms with E-state index in [1.54, 1.807) is 0 Å². The van der Waals surface area contributed by atoms with Crippen LogP contribution >= 0.6 is 11.3 Å². The zero-order chi connectivity index (χ0) is 14.8. The Balaban J connectivity index is 1.80. The fourth-order valence-electron chi connectivity index (χ4n) is 2.00. The monoisotopic (exact) mass is 298 g/mol. The van der Waals surface area contributed by atoms with Crippen LogP contribution in [-0.4, -0.2) is 15.7 Å². The Morgan fingerprint density at radius 2 is 1.86 bits per heavy atom. The van der Waals surface area contributed by atoms with Crippen molar-refractivity contribution in [1.29, 1.82) is 0 Å². The molecule has 2 aromatic carbocycles. The first-order valence-electron chi connectivity index (χ1n) is 6.25. The van der Waals surface area contributed by atoms with E-state index in [0.717, 1.165) is 15.2 Å². The number of ketones is 1. The van der Waals surface area contributed by atoms with Gasteiger partial charge in [-0.3, -0.25) is 14.9 Å². The Labute approximate surface area is 124 Å². The molecule has 0 N–H and O–H groups in total. The quantitative estimate of drug-likeness (QED) is 0.419. The van der Waals surface area contributed by atoms with Crippen molar-refractivity contribution in [2.24, 2.45) is 0 Å². The summed E-state index contributed by atoms with van der Waals surface area (Å²) in [7, 11) is 0. The fourth-order valence-corrected chi connectivity index (χ4v) is 2.97. The van der Waals surface area contributed by atoms with E-state index in [0.29, 0.717) is 5.56 Å². The molecule has 0 unspecified atom stereocenters. The average Bonchev–Trinajstić information content (AvgIpc) is 2.89. The summed E-state index contributed by atoms with van der Waals surface area (Å²) in [6.45, 7) is 0. The van der Waals surface area contributed by atoms with Crippen LogP contribution in [0.4, 0.5) is 5.69 Å². The highest BCUT2D eigenvalue weighted by Gasteiger charge is 2.12. The molecule has 104 valence electrons. The lowest BCUT2D eigenvalue weighted by Crippen LogP contribution is -2.03. The number of Topliss-reactive ketones (excluding diaryl/α,β-unsaturated/α-hetero) is 1.